The van der Waals surface area contributed by atoms with E-state index in [2.05, 4.69) is 9.97 Å². The first-order valence-electron chi connectivity index (χ1n) is 5.55. The van der Waals surface area contributed by atoms with Crippen molar-refractivity contribution in [1.29, 1.82) is 0 Å². The Bertz CT molecular complexity index is 617. The summed E-state index contributed by atoms with van der Waals surface area (Å²) in [7, 11) is 1.45. The van der Waals surface area contributed by atoms with E-state index in [1.807, 2.05) is 12.3 Å². The summed E-state index contributed by atoms with van der Waals surface area (Å²) in [6.07, 6.45) is 1.69. The molecule has 19 heavy (non-hydrogen) atoms. The number of aromatic amines is 1. The Labute approximate surface area is 113 Å². The Kier molecular flexibility index (Phi) is 3.66. The molecule has 0 radical (unpaired) electrons. The minimum Gasteiger partial charge on any atom is -0.480 e. The maximum absolute atomic E-state index is 11.9. The highest BCUT2D eigenvalue weighted by Crippen LogP contribution is 2.22. The molecule has 0 saturated carbocycles. The summed E-state index contributed by atoms with van der Waals surface area (Å²) < 4.78 is 0. The molecule has 2 N–H and O–H groups in total. The third-order valence-corrected chi connectivity index (χ3v) is 3.32. The molecule has 2 rings (SSSR count). The van der Waals surface area contributed by atoms with Crippen LogP contribution in [0, 0.1) is 6.92 Å². The van der Waals surface area contributed by atoms with Gasteiger partial charge in [-0.3, -0.25) is 9.59 Å². The number of carboxylic acid groups (broad SMARTS) is 1. The van der Waals surface area contributed by atoms with Gasteiger partial charge in [-0.15, -0.1) is 11.3 Å². The van der Waals surface area contributed by atoms with Crippen LogP contribution in [0.25, 0.3) is 11.3 Å². The van der Waals surface area contributed by atoms with Crippen LogP contribution in [0.15, 0.2) is 17.6 Å². The lowest BCUT2D eigenvalue weighted by Gasteiger charge is -2.12. The van der Waals surface area contributed by atoms with Gasteiger partial charge in [-0.2, -0.15) is 0 Å². The number of hydrogen-bond donors (Lipinski definition) is 2. The number of likely N-dealkylation sites (N-methyl/N-ethyl adjacent to an activating group) is 1. The van der Waals surface area contributed by atoms with E-state index >= 15 is 0 Å². The first-order chi connectivity index (χ1) is 8.97. The molecule has 0 aromatic carbocycles. The number of aryl methyl sites for hydroxylation is 1. The van der Waals surface area contributed by atoms with Gasteiger partial charge in [0.2, 0.25) is 0 Å². The SMILES string of the molecule is Cc1nc(-c2c[nH]c(C(=O)N(C)CC(=O)O)c2)cs1. The molecule has 0 fully saturated rings. The second-order valence-corrected chi connectivity index (χ2v) is 5.17. The van der Waals surface area contributed by atoms with E-state index in [1.54, 1.807) is 12.3 Å². The number of H-pyrrole nitrogens is 1. The summed E-state index contributed by atoms with van der Waals surface area (Å²) in [6.45, 7) is 1.58. The molecule has 2 aromatic rings. The molecule has 0 unspecified atom stereocenters. The number of hydrogen-bond acceptors (Lipinski definition) is 4. The molecule has 2 aromatic heterocycles. The van der Waals surface area contributed by atoms with Crippen LogP contribution in [-0.4, -0.2) is 45.4 Å². The monoisotopic (exact) mass is 279 g/mol. The van der Waals surface area contributed by atoms with E-state index in [1.165, 1.54) is 18.4 Å². The van der Waals surface area contributed by atoms with Gasteiger partial charge in [0, 0.05) is 24.2 Å². The van der Waals surface area contributed by atoms with Crippen LogP contribution in [0.2, 0.25) is 0 Å². The summed E-state index contributed by atoms with van der Waals surface area (Å²) in [5.74, 6) is -1.40. The van der Waals surface area contributed by atoms with Gasteiger partial charge in [-0.25, -0.2) is 4.98 Å². The van der Waals surface area contributed by atoms with Crippen LogP contribution >= 0.6 is 11.3 Å². The van der Waals surface area contributed by atoms with Crippen LogP contribution < -0.4 is 0 Å². The molecule has 0 bridgehead atoms. The van der Waals surface area contributed by atoms with Gasteiger partial charge in [-0.1, -0.05) is 0 Å². The first-order valence-corrected chi connectivity index (χ1v) is 6.43. The molecule has 0 aliphatic heterocycles. The molecular formula is C12H13N3O3S. The van der Waals surface area contributed by atoms with Crippen molar-refractivity contribution in [3.63, 3.8) is 0 Å². The third-order valence-electron chi connectivity index (χ3n) is 2.55. The summed E-state index contributed by atoms with van der Waals surface area (Å²) in [4.78, 5) is 30.8. The van der Waals surface area contributed by atoms with Gasteiger partial charge >= 0.3 is 5.97 Å². The van der Waals surface area contributed by atoms with Crippen molar-refractivity contribution in [2.75, 3.05) is 13.6 Å². The van der Waals surface area contributed by atoms with Gasteiger partial charge < -0.3 is 15.0 Å². The normalized spacial score (nSPS) is 10.4. The number of carboxylic acids is 1. The highest BCUT2D eigenvalue weighted by atomic mass is 32.1. The van der Waals surface area contributed by atoms with E-state index < -0.39 is 5.97 Å². The molecule has 0 aliphatic rings. The topological polar surface area (TPSA) is 86.3 Å². The molecule has 6 nitrogen and oxygen atoms in total. The fourth-order valence-corrected chi connectivity index (χ4v) is 2.26. The highest BCUT2D eigenvalue weighted by Gasteiger charge is 2.16. The van der Waals surface area contributed by atoms with Crippen molar-refractivity contribution in [2.45, 2.75) is 6.92 Å². The van der Waals surface area contributed by atoms with Gasteiger partial charge in [0.25, 0.3) is 5.91 Å². The number of nitrogens with zero attached hydrogens (tertiary/aromatic N) is 2. The molecule has 0 atom stereocenters. The predicted octanol–water partition coefficient (Wildman–Crippen LogP) is 1.60. The van der Waals surface area contributed by atoms with Crippen molar-refractivity contribution in [1.82, 2.24) is 14.9 Å². The lowest BCUT2D eigenvalue weighted by molar-refractivity contribution is -0.137. The Balaban J connectivity index is 2.17. The minimum absolute atomic E-state index is 0.330. The van der Waals surface area contributed by atoms with Gasteiger partial charge in [0.05, 0.1) is 10.7 Å². The Morgan fingerprint density at radius 2 is 2.26 bits per heavy atom. The maximum atomic E-state index is 11.9. The number of rotatable bonds is 4. The molecule has 2 heterocycles. The third kappa shape index (κ3) is 3.00. The lowest BCUT2D eigenvalue weighted by Crippen LogP contribution is -2.32. The van der Waals surface area contributed by atoms with Gasteiger partial charge in [-0.05, 0) is 13.0 Å². The van der Waals surface area contributed by atoms with Gasteiger partial charge in [0.1, 0.15) is 12.2 Å². The van der Waals surface area contributed by atoms with Crippen molar-refractivity contribution in [2.24, 2.45) is 0 Å². The average molecular weight is 279 g/mol. The largest absolute Gasteiger partial charge is 0.480 e. The second-order valence-electron chi connectivity index (χ2n) is 4.11. The van der Waals surface area contributed by atoms with Crippen molar-refractivity contribution < 1.29 is 14.7 Å². The lowest BCUT2D eigenvalue weighted by atomic mass is 10.2. The zero-order chi connectivity index (χ0) is 14.0. The van der Waals surface area contributed by atoms with Crippen molar-refractivity contribution in [3.05, 3.63) is 28.3 Å². The standard InChI is InChI=1S/C12H13N3O3S/c1-7-14-10(6-19-7)8-3-9(13-4-8)12(18)15(2)5-11(16)17/h3-4,6,13H,5H2,1-2H3,(H,16,17). The van der Waals surface area contributed by atoms with Crippen LogP contribution in [0.5, 0.6) is 0 Å². The Hall–Kier alpha value is -2.15. The van der Waals surface area contributed by atoms with Crippen LogP contribution in [-0.2, 0) is 4.79 Å². The molecule has 100 valence electrons. The van der Waals surface area contributed by atoms with Crippen molar-refractivity contribution in [3.8, 4) is 11.3 Å². The maximum Gasteiger partial charge on any atom is 0.323 e. The molecular weight excluding hydrogens is 266 g/mol. The Morgan fingerprint density at radius 3 is 2.84 bits per heavy atom. The van der Waals surface area contributed by atoms with Crippen molar-refractivity contribution >= 4 is 23.2 Å². The van der Waals surface area contributed by atoms with Crippen LogP contribution in [0.1, 0.15) is 15.5 Å². The second kappa shape index (κ2) is 5.23. The van der Waals surface area contributed by atoms with Crippen LogP contribution in [0.4, 0.5) is 0 Å². The van der Waals surface area contributed by atoms with E-state index in [9.17, 15) is 9.59 Å². The fourth-order valence-electron chi connectivity index (χ4n) is 1.64. The first kappa shape index (κ1) is 13.3. The molecule has 0 aliphatic carbocycles. The number of aliphatic carboxylic acids is 1. The summed E-state index contributed by atoms with van der Waals surface area (Å²) in [6, 6.07) is 1.68. The number of amides is 1. The summed E-state index contributed by atoms with van der Waals surface area (Å²) >= 11 is 1.53. The number of carbonyl (C=O) groups excluding carboxylic acids is 1. The Morgan fingerprint density at radius 1 is 1.53 bits per heavy atom. The zero-order valence-electron chi connectivity index (χ0n) is 10.5. The summed E-state index contributed by atoms with van der Waals surface area (Å²) in [5, 5.41) is 11.5. The minimum atomic E-state index is -1.04. The quantitative estimate of drug-likeness (QED) is 0.890. The van der Waals surface area contributed by atoms with E-state index in [4.69, 9.17) is 5.11 Å². The summed E-state index contributed by atoms with van der Waals surface area (Å²) in [5.41, 5.74) is 1.97. The number of nitrogens with one attached hydrogen (secondary N) is 1. The molecule has 0 saturated heterocycles. The highest BCUT2D eigenvalue weighted by molar-refractivity contribution is 7.09. The molecule has 0 spiro atoms. The number of carbonyl (C=O) groups is 2. The van der Waals surface area contributed by atoms with E-state index in [0.29, 0.717) is 5.69 Å². The average Bonchev–Trinajstić information content (AvgIpc) is 2.95. The zero-order valence-corrected chi connectivity index (χ0v) is 11.3. The van der Waals surface area contributed by atoms with Crippen LogP contribution in [0.3, 0.4) is 0 Å². The molecule has 1 amide bonds. The predicted molar refractivity (Wildman–Crippen MR) is 71.2 cm³/mol. The number of thiazole rings is 1. The fraction of sp³-hybridized carbons (Fsp3) is 0.250. The smallest absolute Gasteiger partial charge is 0.323 e. The number of aromatic nitrogens is 2. The van der Waals surface area contributed by atoms with E-state index in [0.717, 1.165) is 21.2 Å². The van der Waals surface area contributed by atoms with E-state index in [-0.39, 0.29) is 12.5 Å². The van der Waals surface area contributed by atoms with Gasteiger partial charge in [0.15, 0.2) is 0 Å². The molecule has 7 heteroatoms.